The number of alkyl halides is 1. The molecule has 0 saturated heterocycles. The summed E-state index contributed by atoms with van der Waals surface area (Å²) in [5.41, 5.74) is 0. The minimum atomic E-state index is -0.815. The Balaban J connectivity index is 2.45. The van der Waals surface area contributed by atoms with Gasteiger partial charge in [0.25, 0.3) is 0 Å². The molecule has 0 bridgehead atoms. The zero-order chi connectivity index (χ0) is 4.41. The quantitative estimate of drug-likeness (QED) is 0.386. The summed E-state index contributed by atoms with van der Waals surface area (Å²) in [6.07, 6.45) is 0.534. The first-order chi connectivity index (χ1) is 2.89. The molecule has 1 rings (SSSR count). The van der Waals surface area contributed by atoms with E-state index in [4.69, 9.17) is 0 Å². The maximum absolute atomic E-state index is 11.8. The lowest BCUT2D eigenvalue weighted by Gasteiger charge is -1.83. The van der Waals surface area contributed by atoms with Crippen molar-refractivity contribution in [2.75, 3.05) is 0 Å². The molecule has 6 heavy (non-hydrogen) atoms. The second-order valence-electron chi connectivity index (χ2n) is 1.33. The van der Waals surface area contributed by atoms with Gasteiger partial charge in [-0.05, 0) is 0 Å². The molecule has 0 fully saturated rings. The van der Waals surface area contributed by atoms with Crippen molar-refractivity contribution in [3.63, 3.8) is 0 Å². The SMILES string of the molecule is FC1C#CCC1. The van der Waals surface area contributed by atoms with Gasteiger partial charge in [-0.1, -0.05) is 5.92 Å². The molecule has 1 aliphatic carbocycles. The smallest absolute Gasteiger partial charge is 0.161 e. The molecule has 0 spiro atoms. The molecular weight excluding hydrogens is 79.1 g/mol. The van der Waals surface area contributed by atoms with Crippen LogP contribution in [0.3, 0.4) is 0 Å². The van der Waals surface area contributed by atoms with Crippen LogP contribution in [0, 0.1) is 11.8 Å². The van der Waals surface area contributed by atoms with E-state index in [-0.39, 0.29) is 0 Å². The van der Waals surface area contributed by atoms with Gasteiger partial charge in [-0.15, -0.1) is 5.92 Å². The van der Waals surface area contributed by atoms with Crippen molar-refractivity contribution in [2.24, 2.45) is 0 Å². The highest BCUT2D eigenvalue weighted by Crippen LogP contribution is 2.04. The summed E-state index contributed by atoms with van der Waals surface area (Å²) in [7, 11) is 0. The van der Waals surface area contributed by atoms with Gasteiger partial charge >= 0.3 is 0 Å². The van der Waals surface area contributed by atoms with Crippen LogP contribution in [-0.2, 0) is 0 Å². The van der Waals surface area contributed by atoms with E-state index in [0.717, 1.165) is 6.42 Å². The van der Waals surface area contributed by atoms with Gasteiger partial charge in [-0.3, -0.25) is 0 Å². The third-order valence-electron chi connectivity index (χ3n) is 0.781. The first kappa shape index (κ1) is 3.67. The fraction of sp³-hybridized carbons (Fsp3) is 0.600. The standard InChI is InChI=1S/C5H5F/c6-5-3-1-2-4-5/h5H,1,3H2. The molecule has 0 aromatic rings. The minimum absolute atomic E-state index is 0.597. The molecule has 1 heteroatoms. The van der Waals surface area contributed by atoms with E-state index >= 15 is 0 Å². The van der Waals surface area contributed by atoms with Crippen molar-refractivity contribution in [1.82, 2.24) is 0 Å². The molecule has 0 aromatic carbocycles. The molecule has 1 unspecified atom stereocenters. The average Bonchev–Trinajstić information content (AvgIpc) is 1.86. The topological polar surface area (TPSA) is 0 Å². The van der Waals surface area contributed by atoms with Gasteiger partial charge in [-0.25, -0.2) is 4.39 Å². The van der Waals surface area contributed by atoms with Crippen LogP contribution in [-0.4, -0.2) is 6.17 Å². The van der Waals surface area contributed by atoms with E-state index in [9.17, 15) is 4.39 Å². The van der Waals surface area contributed by atoms with Crippen molar-refractivity contribution in [3.8, 4) is 11.8 Å². The predicted octanol–water partition coefficient (Wildman–Crippen LogP) is 1.12. The summed E-state index contributed by atoms with van der Waals surface area (Å²) in [4.78, 5) is 0. The van der Waals surface area contributed by atoms with E-state index < -0.39 is 6.17 Å². The van der Waals surface area contributed by atoms with Gasteiger partial charge in [0.05, 0.1) is 0 Å². The Labute approximate surface area is 36.4 Å². The van der Waals surface area contributed by atoms with Gasteiger partial charge in [-0.2, -0.15) is 0 Å². The summed E-state index contributed by atoms with van der Waals surface area (Å²) in [5.74, 6) is 5.05. The molecule has 32 valence electrons. The van der Waals surface area contributed by atoms with Crippen LogP contribution in [0.25, 0.3) is 0 Å². The molecule has 0 amide bonds. The Hall–Kier alpha value is -0.510. The fourth-order valence-electron chi connectivity index (χ4n) is 0.454. The fourth-order valence-corrected chi connectivity index (χ4v) is 0.454. The van der Waals surface area contributed by atoms with Gasteiger partial charge < -0.3 is 0 Å². The van der Waals surface area contributed by atoms with Crippen LogP contribution >= 0.6 is 0 Å². The second-order valence-corrected chi connectivity index (χ2v) is 1.33. The number of hydrogen-bond acceptors (Lipinski definition) is 0. The lowest BCUT2D eigenvalue weighted by atomic mass is 10.3. The van der Waals surface area contributed by atoms with Gasteiger partial charge in [0.2, 0.25) is 0 Å². The monoisotopic (exact) mass is 84.0 g/mol. The highest BCUT2D eigenvalue weighted by molar-refractivity contribution is 5.11. The summed E-state index contributed by atoms with van der Waals surface area (Å²) in [6.45, 7) is 0. The summed E-state index contributed by atoms with van der Waals surface area (Å²) >= 11 is 0. The zero-order valence-electron chi connectivity index (χ0n) is 3.37. The van der Waals surface area contributed by atoms with E-state index in [1.807, 2.05) is 0 Å². The van der Waals surface area contributed by atoms with Crippen molar-refractivity contribution in [1.29, 1.82) is 0 Å². The predicted molar refractivity (Wildman–Crippen MR) is 21.9 cm³/mol. The summed E-state index contributed by atoms with van der Waals surface area (Å²) < 4.78 is 11.8. The Morgan fingerprint density at radius 2 is 2.50 bits per heavy atom. The highest BCUT2D eigenvalue weighted by Gasteiger charge is 2.02. The Morgan fingerprint density at radius 1 is 1.67 bits per heavy atom. The molecule has 1 aliphatic rings. The van der Waals surface area contributed by atoms with Gasteiger partial charge in [0.1, 0.15) is 0 Å². The largest absolute Gasteiger partial charge is 0.233 e. The molecule has 0 saturated carbocycles. The molecule has 0 N–H and O–H groups in total. The highest BCUT2D eigenvalue weighted by atomic mass is 19.1. The third-order valence-corrected chi connectivity index (χ3v) is 0.781. The van der Waals surface area contributed by atoms with E-state index in [2.05, 4.69) is 11.8 Å². The van der Waals surface area contributed by atoms with Crippen LogP contribution in [0.5, 0.6) is 0 Å². The van der Waals surface area contributed by atoms with Crippen molar-refractivity contribution in [2.45, 2.75) is 19.0 Å². The molecule has 1 atom stereocenters. The molecule has 0 nitrogen and oxygen atoms in total. The first-order valence-corrected chi connectivity index (χ1v) is 2.02. The van der Waals surface area contributed by atoms with Crippen molar-refractivity contribution >= 4 is 0 Å². The summed E-state index contributed by atoms with van der Waals surface area (Å²) in [5, 5.41) is 0. The maximum atomic E-state index is 11.8. The van der Waals surface area contributed by atoms with Crippen molar-refractivity contribution < 1.29 is 4.39 Å². The lowest BCUT2D eigenvalue weighted by molar-refractivity contribution is 0.404. The first-order valence-electron chi connectivity index (χ1n) is 2.02. The Bertz CT molecular complexity index is 96.2. The molecule has 0 heterocycles. The van der Waals surface area contributed by atoms with Gasteiger partial charge in [0, 0.05) is 12.8 Å². The van der Waals surface area contributed by atoms with E-state index in [1.54, 1.807) is 0 Å². The zero-order valence-corrected chi connectivity index (χ0v) is 3.37. The Kier molecular flexibility index (Phi) is 0.795. The number of hydrogen-bond donors (Lipinski definition) is 0. The number of halogens is 1. The van der Waals surface area contributed by atoms with Crippen LogP contribution < -0.4 is 0 Å². The minimum Gasteiger partial charge on any atom is -0.233 e. The third kappa shape index (κ3) is 0.514. The van der Waals surface area contributed by atoms with Crippen LogP contribution in [0.4, 0.5) is 4.39 Å². The van der Waals surface area contributed by atoms with E-state index in [0.29, 0.717) is 6.42 Å². The van der Waals surface area contributed by atoms with E-state index in [1.165, 1.54) is 0 Å². The average molecular weight is 84.1 g/mol. The summed E-state index contributed by atoms with van der Waals surface area (Å²) in [6, 6.07) is 0. The van der Waals surface area contributed by atoms with Crippen molar-refractivity contribution in [3.05, 3.63) is 0 Å². The molecular formula is C5H5F. The van der Waals surface area contributed by atoms with Crippen LogP contribution in [0.2, 0.25) is 0 Å². The Morgan fingerprint density at radius 3 is 2.67 bits per heavy atom. The molecule has 0 aromatic heterocycles. The maximum Gasteiger partial charge on any atom is 0.161 e. The molecule has 0 aliphatic heterocycles. The van der Waals surface area contributed by atoms with Crippen LogP contribution in [0.1, 0.15) is 12.8 Å². The van der Waals surface area contributed by atoms with Gasteiger partial charge in [0.15, 0.2) is 6.17 Å². The van der Waals surface area contributed by atoms with Crippen LogP contribution in [0.15, 0.2) is 0 Å². The second kappa shape index (κ2) is 1.30. The number of rotatable bonds is 0. The normalized spacial score (nSPS) is 29.2. The lowest BCUT2D eigenvalue weighted by Crippen LogP contribution is -1.85. The molecule has 0 radical (unpaired) electrons.